The predicted molar refractivity (Wildman–Crippen MR) is 119 cm³/mol. The molecule has 0 N–H and O–H groups in total. The molecule has 3 rings (SSSR count). The van der Waals surface area contributed by atoms with Gasteiger partial charge in [-0.05, 0) is 56.7 Å². The molecule has 0 saturated heterocycles. The molecule has 1 heterocycles. The first kappa shape index (κ1) is 21.3. The molecule has 0 radical (unpaired) electrons. The monoisotopic (exact) mass is 428 g/mol. The van der Waals surface area contributed by atoms with Crippen molar-refractivity contribution in [3.8, 4) is 5.75 Å². The first-order valence-electron chi connectivity index (χ1n) is 9.65. The van der Waals surface area contributed by atoms with Crippen molar-refractivity contribution in [2.24, 2.45) is 0 Å². The van der Waals surface area contributed by atoms with Crippen LogP contribution >= 0.6 is 22.9 Å². The molecule has 29 heavy (non-hydrogen) atoms. The van der Waals surface area contributed by atoms with E-state index in [1.165, 1.54) is 0 Å². The molecule has 1 atom stereocenters. The van der Waals surface area contributed by atoms with Crippen LogP contribution in [0.4, 0.5) is 0 Å². The zero-order valence-electron chi connectivity index (χ0n) is 16.9. The molecule has 152 valence electrons. The summed E-state index contributed by atoms with van der Waals surface area (Å²) in [5, 5.41) is 3.55. The molecule has 6 heteroatoms. The van der Waals surface area contributed by atoms with Crippen molar-refractivity contribution in [1.82, 2.24) is 9.88 Å². The maximum absolute atomic E-state index is 13.1. The Kier molecular flexibility index (Phi) is 7.29. The minimum Gasteiger partial charge on any atom is -0.486 e. The van der Waals surface area contributed by atoms with Gasteiger partial charge >= 0.3 is 0 Å². The highest BCUT2D eigenvalue weighted by molar-refractivity contribution is 7.09. The number of carbonyl (C=O) groups is 1. The number of benzene rings is 2. The molecule has 2 aromatic carbocycles. The van der Waals surface area contributed by atoms with E-state index in [2.05, 4.69) is 18.8 Å². The third-order valence-corrected chi connectivity index (χ3v) is 5.88. The van der Waals surface area contributed by atoms with Crippen molar-refractivity contribution in [3.05, 3.63) is 80.8 Å². The lowest BCUT2D eigenvalue weighted by atomic mass is 10.1. The Morgan fingerprint density at radius 2 is 2.00 bits per heavy atom. The first-order valence-corrected chi connectivity index (χ1v) is 10.9. The summed E-state index contributed by atoms with van der Waals surface area (Å²) in [6, 6.07) is 15.1. The Bertz CT molecular complexity index is 956. The van der Waals surface area contributed by atoms with Gasteiger partial charge in [0.2, 0.25) is 0 Å². The molecule has 0 unspecified atom stereocenters. The van der Waals surface area contributed by atoms with Gasteiger partial charge in [0.05, 0.1) is 12.2 Å². The molecular weight excluding hydrogens is 404 g/mol. The van der Waals surface area contributed by atoms with Crippen molar-refractivity contribution >= 4 is 28.8 Å². The second-order valence-corrected chi connectivity index (χ2v) is 8.41. The number of hydrogen-bond donors (Lipinski definition) is 0. The van der Waals surface area contributed by atoms with E-state index in [1.54, 1.807) is 23.5 Å². The normalized spacial score (nSPS) is 11.9. The van der Waals surface area contributed by atoms with E-state index in [0.29, 0.717) is 23.7 Å². The van der Waals surface area contributed by atoms with Gasteiger partial charge < -0.3 is 9.64 Å². The minimum atomic E-state index is 0.0371. The molecule has 0 saturated carbocycles. The van der Waals surface area contributed by atoms with Crippen molar-refractivity contribution in [2.75, 3.05) is 0 Å². The quantitative estimate of drug-likeness (QED) is 0.433. The Morgan fingerprint density at radius 1 is 1.24 bits per heavy atom. The smallest absolute Gasteiger partial charge is 0.254 e. The zero-order valence-corrected chi connectivity index (χ0v) is 18.5. The number of hydrogen-bond acceptors (Lipinski definition) is 4. The highest BCUT2D eigenvalue weighted by Crippen LogP contribution is 2.20. The van der Waals surface area contributed by atoms with Crippen LogP contribution in [0.15, 0.2) is 53.9 Å². The fourth-order valence-electron chi connectivity index (χ4n) is 2.93. The van der Waals surface area contributed by atoms with E-state index < -0.39 is 0 Å². The lowest BCUT2D eigenvalue weighted by Gasteiger charge is -2.28. The van der Waals surface area contributed by atoms with Gasteiger partial charge in [0.15, 0.2) is 0 Å². The van der Waals surface area contributed by atoms with E-state index in [-0.39, 0.29) is 11.9 Å². The van der Waals surface area contributed by atoms with E-state index in [4.69, 9.17) is 16.3 Å². The maximum atomic E-state index is 13.1. The maximum Gasteiger partial charge on any atom is 0.254 e. The Morgan fingerprint density at radius 3 is 2.69 bits per heavy atom. The molecule has 0 aliphatic rings. The molecule has 4 nitrogen and oxygen atoms in total. The Balaban J connectivity index is 1.68. The summed E-state index contributed by atoms with van der Waals surface area (Å²) < 4.78 is 5.77. The van der Waals surface area contributed by atoms with Gasteiger partial charge in [-0.25, -0.2) is 4.98 Å². The summed E-state index contributed by atoms with van der Waals surface area (Å²) in [4.78, 5) is 19.7. The largest absolute Gasteiger partial charge is 0.486 e. The SMILES string of the molecule is CC[C@H](C)N(Cc1csc(COc2ccc(Cl)cc2)n1)C(=O)c1cccc(C)c1. The summed E-state index contributed by atoms with van der Waals surface area (Å²) in [6.45, 7) is 7.04. The average Bonchev–Trinajstić information content (AvgIpc) is 3.18. The van der Waals surface area contributed by atoms with E-state index in [9.17, 15) is 4.79 Å². The lowest BCUT2D eigenvalue weighted by molar-refractivity contribution is 0.0669. The minimum absolute atomic E-state index is 0.0371. The zero-order chi connectivity index (χ0) is 20.8. The summed E-state index contributed by atoms with van der Waals surface area (Å²) in [7, 11) is 0. The molecule has 0 aliphatic heterocycles. The van der Waals surface area contributed by atoms with Gasteiger partial charge in [0, 0.05) is 22.0 Å². The summed E-state index contributed by atoms with van der Waals surface area (Å²) in [5.41, 5.74) is 2.67. The van der Waals surface area contributed by atoms with E-state index in [1.807, 2.05) is 53.6 Å². The third kappa shape index (κ3) is 5.81. The Labute approximate surface area is 181 Å². The summed E-state index contributed by atoms with van der Waals surface area (Å²) in [5.74, 6) is 0.789. The number of thiazole rings is 1. The third-order valence-electron chi connectivity index (χ3n) is 4.76. The summed E-state index contributed by atoms with van der Waals surface area (Å²) >= 11 is 7.44. The van der Waals surface area contributed by atoms with Gasteiger partial charge in [-0.2, -0.15) is 0 Å². The van der Waals surface area contributed by atoms with Crippen LogP contribution < -0.4 is 4.74 Å². The van der Waals surface area contributed by atoms with Crippen molar-refractivity contribution in [3.63, 3.8) is 0 Å². The fourth-order valence-corrected chi connectivity index (χ4v) is 3.75. The molecule has 0 fully saturated rings. The topological polar surface area (TPSA) is 42.4 Å². The molecule has 1 amide bonds. The van der Waals surface area contributed by atoms with Crippen LogP contribution in [0, 0.1) is 6.92 Å². The van der Waals surface area contributed by atoms with Crippen LogP contribution in [0.3, 0.4) is 0 Å². The molecule has 0 spiro atoms. The van der Waals surface area contributed by atoms with Crippen LogP contribution in [-0.2, 0) is 13.2 Å². The van der Waals surface area contributed by atoms with Crippen molar-refractivity contribution in [2.45, 2.75) is 46.4 Å². The highest BCUT2D eigenvalue weighted by Gasteiger charge is 2.22. The number of rotatable bonds is 8. The highest BCUT2D eigenvalue weighted by atomic mass is 35.5. The first-order chi connectivity index (χ1) is 14.0. The van der Waals surface area contributed by atoms with Gasteiger partial charge in [0.1, 0.15) is 17.4 Å². The molecule has 1 aromatic heterocycles. The lowest BCUT2D eigenvalue weighted by Crippen LogP contribution is -2.38. The van der Waals surface area contributed by atoms with Crippen molar-refractivity contribution in [1.29, 1.82) is 0 Å². The van der Waals surface area contributed by atoms with Crippen LogP contribution in [0.2, 0.25) is 5.02 Å². The average molecular weight is 429 g/mol. The van der Waals surface area contributed by atoms with E-state index >= 15 is 0 Å². The number of ether oxygens (including phenoxy) is 1. The van der Waals surface area contributed by atoms with Crippen LogP contribution in [0.1, 0.15) is 46.9 Å². The second-order valence-electron chi connectivity index (χ2n) is 7.03. The number of halogens is 1. The number of amides is 1. The number of aryl methyl sites for hydroxylation is 1. The number of carbonyl (C=O) groups excluding carboxylic acids is 1. The molecule has 0 aliphatic carbocycles. The van der Waals surface area contributed by atoms with Gasteiger partial charge in [-0.3, -0.25) is 4.79 Å². The molecule has 0 bridgehead atoms. The number of nitrogens with zero attached hydrogens (tertiary/aromatic N) is 2. The van der Waals surface area contributed by atoms with Gasteiger partial charge in [0.25, 0.3) is 5.91 Å². The fraction of sp³-hybridized carbons (Fsp3) is 0.304. The predicted octanol–water partition coefficient (Wildman–Crippen LogP) is 6.12. The van der Waals surface area contributed by atoms with Gasteiger partial charge in [-0.1, -0.05) is 36.2 Å². The van der Waals surface area contributed by atoms with Crippen LogP contribution in [0.5, 0.6) is 5.75 Å². The summed E-state index contributed by atoms with van der Waals surface area (Å²) in [6.07, 6.45) is 0.883. The van der Waals surface area contributed by atoms with E-state index in [0.717, 1.165) is 28.4 Å². The van der Waals surface area contributed by atoms with Gasteiger partial charge in [-0.15, -0.1) is 11.3 Å². The molecule has 3 aromatic rings. The standard InChI is InChI=1S/C23H25ClN2O2S/c1-4-17(3)26(23(27)18-7-5-6-16(2)12-18)13-20-15-29-22(25-20)14-28-21-10-8-19(24)9-11-21/h5-12,15,17H,4,13-14H2,1-3H3/t17-/m0/s1. The van der Waals surface area contributed by atoms with Crippen molar-refractivity contribution < 1.29 is 9.53 Å². The van der Waals surface area contributed by atoms with Crippen LogP contribution in [0.25, 0.3) is 0 Å². The molecular formula is C23H25ClN2O2S. The van der Waals surface area contributed by atoms with Crippen LogP contribution in [-0.4, -0.2) is 21.8 Å². The number of aromatic nitrogens is 1. The Hall–Kier alpha value is -2.37. The second kappa shape index (κ2) is 9.90.